The first-order valence-corrected chi connectivity index (χ1v) is 12.2. The molecule has 1 N–H and O–H groups in total. The molecule has 36 heavy (non-hydrogen) atoms. The van der Waals surface area contributed by atoms with Gasteiger partial charge in [0.15, 0.2) is 5.82 Å². The number of ether oxygens (including phenoxy) is 1. The third-order valence-corrected chi connectivity index (χ3v) is 6.47. The largest absolute Gasteiger partial charge is 0.494 e. The molecule has 1 aliphatic rings. The Hall–Kier alpha value is -3.91. The van der Waals surface area contributed by atoms with Crippen LogP contribution in [-0.2, 0) is 4.79 Å². The van der Waals surface area contributed by atoms with Crippen LogP contribution in [0.15, 0.2) is 61.1 Å². The van der Waals surface area contributed by atoms with Crippen LogP contribution < -0.4 is 15.0 Å². The first kappa shape index (κ1) is 23.8. The molecule has 0 spiro atoms. The minimum absolute atomic E-state index is 0.0472. The Kier molecular flexibility index (Phi) is 6.61. The summed E-state index contributed by atoms with van der Waals surface area (Å²) in [4.78, 5) is 26.5. The molecule has 1 aliphatic carbocycles. The van der Waals surface area contributed by atoms with Gasteiger partial charge < -0.3 is 19.9 Å². The van der Waals surface area contributed by atoms with E-state index in [1.165, 1.54) is 0 Å². The summed E-state index contributed by atoms with van der Waals surface area (Å²) in [6.45, 7) is 3.43. The summed E-state index contributed by atoms with van der Waals surface area (Å²) in [7, 11) is 5.60. The van der Waals surface area contributed by atoms with Crippen LogP contribution in [0.1, 0.15) is 18.4 Å². The number of methoxy groups -OCH3 is 1. The van der Waals surface area contributed by atoms with Gasteiger partial charge in [-0.15, -0.1) is 0 Å². The lowest BCUT2D eigenvalue weighted by Crippen LogP contribution is -2.32. The van der Waals surface area contributed by atoms with Crippen molar-refractivity contribution >= 4 is 39.6 Å². The van der Waals surface area contributed by atoms with Crippen molar-refractivity contribution in [2.24, 2.45) is 5.92 Å². The molecule has 8 heteroatoms. The number of hydrogen-bond acceptors (Lipinski definition) is 6. The molecule has 1 saturated carbocycles. The summed E-state index contributed by atoms with van der Waals surface area (Å²) >= 11 is 0. The number of benzene rings is 2. The summed E-state index contributed by atoms with van der Waals surface area (Å²) in [5.74, 6) is 1.80. The second-order valence-electron chi connectivity index (χ2n) is 9.62. The Balaban J connectivity index is 1.60. The molecule has 5 rings (SSSR count). The maximum absolute atomic E-state index is 13.3. The number of aryl methyl sites for hydroxylation is 1. The molecule has 2 aromatic heterocycles. The van der Waals surface area contributed by atoms with E-state index in [1.807, 2.05) is 64.7 Å². The zero-order valence-corrected chi connectivity index (χ0v) is 21.2. The fraction of sp³-hybridized carbons (Fsp3) is 0.321. The molecular weight excluding hydrogens is 452 g/mol. The van der Waals surface area contributed by atoms with Gasteiger partial charge in [-0.2, -0.15) is 0 Å². The van der Waals surface area contributed by atoms with Crippen molar-refractivity contribution in [1.82, 2.24) is 19.3 Å². The number of nitrogens with zero attached hydrogens (tertiary/aromatic N) is 5. The minimum atomic E-state index is -0.0472. The number of likely N-dealkylation sites (N-methyl/N-ethyl adjacent to an activating group) is 1. The van der Waals surface area contributed by atoms with Gasteiger partial charge in [0, 0.05) is 30.9 Å². The van der Waals surface area contributed by atoms with Crippen molar-refractivity contribution in [3.05, 3.63) is 66.6 Å². The van der Waals surface area contributed by atoms with Crippen LogP contribution in [0.4, 0.5) is 17.2 Å². The highest BCUT2D eigenvalue weighted by molar-refractivity contribution is 6.04. The lowest BCUT2D eigenvalue weighted by atomic mass is 10.2. The van der Waals surface area contributed by atoms with E-state index >= 15 is 0 Å². The number of imidazole rings is 1. The van der Waals surface area contributed by atoms with Gasteiger partial charge in [0.05, 0.1) is 36.4 Å². The van der Waals surface area contributed by atoms with Crippen LogP contribution >= 0.6 is 0 Å². The topological polar surface area (TPSA) is 75.0 Å². The smallest absolute Gasteiger partial charge is 0.250 e. The Labute approximate surface area is 211 Å². The average Bonchev–Trinajstić information content (AvgIpc) is 3.55. The van der Waals surface area contributed by atoms with Crippen molar-refractivity contribution < 1.29 is 9.53 Å². The van der Waals surface area contributed by atoms with Gasteiger partial charge in [-0.05, 0) is 57.5 Å². The van der Waals surface area contributed by atoms with Crippen LogP contribution in [0, 0.1) is 12.8 Å². The molecule has 186 valence electrons. The molecule has 0 aliphatic heterocycles. The van der Waals surface area contributed by atoms with Crippen molar-refractivity contribution in [2.75, 3.05) is 44.5 Å². The van der Waals surface area contributed by atoms with E-state index in [-0.39, 0.29) is 5.91 Å². The maximum atomic E-state index is 13.3. The molecule has 4 aromatic rings. The van der Waals surface area contributed by atoms with Crippen LogP contribution in [0.5, 0.6) is 5.75 Å². The number of rotatable bonds is 9. The molecular formula is C28H32N6O2. The second kappa shape index (κ2) is 9.99. The van der Waals surface area contributed by atoms with Crippen LogP contribution in [-0.4, -0.2) is 59.5 Å². The third kappa shape index (κ3) is 4.90. The number of para-hydroxylation sites is 1. The molecule has 2 aromatic carbocycles. The molecule has 1 fully saturated rings. The zero-order chi connectivity index (χ0) is 25.2. The van der Waals surface area contributed by atoms with Gasteiger partial charge >= 0.3 is 0 Å². The average molecular weight is 485 g/mol. The number of carbonyl (C=O) groups excluding carboxylic acids is 1. The first-order chi connectivity index (χ1) is 17.4. The summed E-state index contributed by atoms with van der Waals surface area (Å²) in [5, 5.41) is 3.46. The van der Waals surface area contributed by atoms with Crippen molar-refractivity contribution in [3.63, 3.8) is 0 Å². The minimum Gasteiger partial charge on any atom is -0.494 e. The number of nitrogens with one attached hydrogen (secondary N) is 1. The first-order valence-electron chi connectivity index (χ1n) is 12.2. The van der Waals surface area contributed by atoms with Crippen LogP contribution in [0.3, 0.4) is 0 Å². The molecule has 0 unspecified atom stereocenters. The van der Waals surface area contributed by atoms with E-state index in [1.54, 1.807) is 25.7 Å². The molecule has 0 atom stereocenters. The summed E-state index contributed by atoms with van der Waals surface area (Å²) in [6.07, 6.45) is 9.42. The number of hydrogen-bond donors (Lipinski definition) is 1. The second-order valence-corrected chi connectivity index (χ2v) is 9.62. The molecule has 0 bridgehead atoms. The molecule has 1 amide bonds. The Morgan fingerprint density at radius 2 is 2.03 bits per heavy atom. The standard InChI is InChI=1S/C28H32N6O2/c1-19-8-5-6-9-21(19)30-28-25-16-29-18-34(25)23-15-24(26(36-4)14-22(23)31-28)33(17-20-11-12-20)27(35)10-7-13-32(2)3/h5-10,14-16,18,20H,11-13,17H2,1-4H3,(H,30,31)/b10-7+. The molecule has 0 saturated heterocycles. The Morgan fingerprint density at radius 3 is 2.75 bits per heavy atom. The van der Waals surface area contributed by atoms with Gasteiger partial charge in [-0.25, -0.2) is 9.97 Å². The SMILES string of the molecule is COc1cc2nc(Nc3ccccc3C)c3cncn3c2cc1N(CC1CC1)C(=O)/C=C/CN(C)C. The van der Waals surface area contributed by atoms with Gasteiger partial charge in [-0.1, -0.05) is 24.3 Å². The Bertz CT molecular complexity index is 1440. The quantitative estimate of drug-likeness (QED) is 0.344. The molecule has 8 nitrogen and oxygen atoms in total. The van der Waals surface area contributed by atoms with E-state index in [2.05, 4.69) is 23.3 Å². The van der Waals surface area contributed by atoms with E-state index in [9.17, 15) is 4.79 Å². The summed E-state index contributed by atoms with van der Waals surface area (Å²) < 4.78 is 7.80. The lowest BCUT2D eigenvalue weighted by molar-refractivity contribution is -0.114. The predicted molar refractivity (Wildman–Crippen MR) is 144 cm³/mol. The highest BCUT2D eigenvalue weighted by Crippen LogP contribution is 2.38. The van der Waals surface area contributed by atoms with E-state index in [4.69, 9.17) is 9.72 Å². The van der Waals surface area contributed by atoms with E-state index in [0.29, 0.717) is 30.6 Å². The highest BCUT2D eigenvalue weighted by atomic mass is 16.5. The van der Waals surface area contributed by atoms with Crippen molar-refractivity contribution in [2.45, 2.75) is 19.8 Å². The van der Waals surface area contributed by atoms with Crippen LogP contribution in [0.2, 0.25) is 0 Å². The normalized spacial score (nSPS) is 13.7. The number of aromatic nitrogens is 3. The number of carbonyl (C=O) groups is 1. The van der Waals surface area contributed by atoms with Gasteiger partial charge in [0.25, 0.3) is 5.91 Å². The van der Waals surface area contributed by atoms with E-state index < -0.39 is 0 Å². The van der Waals surface area contributed by atoms with Gasteiger partial charge in [0.1, 0.15) is 11.3 Å². The van der Waals surface area contributed by atoms with E-state index in [0.717, 1.165) is 46.3 Å². The van der Waals surface area contributed by atoms with Crippen molar-refractivity contribution in [3.8, 4) is 5.75 Å². The third-order valence-electron chi connectivity index (χ3n) is 6.47. The number of fused-ring (bicyclic) bond motifs is 3. The lowest BCUT2D eigenvalue weighted by Gasteiger charge is -2.24. The monoisotopic (exact) mass is 484 g/mol. The zero-order valence-electron chi connectivity index (χ0n) is 21.2. The fourth-order valence-electron chi connectivity index (χ4n) is 4.30. The number of anilines is 3. The number of amides is 1. The molecule has 2 heterocycles. The fourth-order valence-corrected chi connectivity index (χ4v) is 4.30. The van der Waals surface area contributed by atoms with Crippen molar-refractivity contribution in [1.29, 1.82) is 0 Å². The maximum Gasteiger partial charge on any atom is 0.250 e. The van der Waals surface area contributed by atoms with Crippen LogP contribution in [0.25, 0.3) is 16.6 Å². The molecule has 0 radical (unpaired) electrons. The Morgan fingerprint density at radius 1 is 1.22 bits per heavy atom. The summed E-state index contributed by atoms with van der Waals surface area (Å²) in [5.41, 5.74) is 5.32. The highest BCUT2D eigenvalue weighted by Gasteiger charge is 2.29. The van der Waals surface area contributed by atoms with Gasteiger partial charge in [0.2, 0.25) is 0 Å². The van der Waals surface area contributed by atoms with Gasteiger partial charge in [-0.3, -0.25) is 9.20 Å². The summed E-state index contributed by atoms with van der Waals surface area (Å²) in [6, 6.07) is 12.0. The predicted octanol–water partition coefficient (Wildman–Crippen LogP) is 4.80.